The van der Waals surface area contributed by atoms with E-state index in [1.54, 1.807) is 18.3 Å². The van der Waals surface area contributed by atoms with Crippen molar-refractivity contribution in [2.75, 3.05) is 7.11 Å². The molecule has 1 amide bonds. The molecule has 1 rings (SSSR count). The van der Waals surface area contributed by atoms with Gasteiger partial charge in [-0.05, 0) is 20.8 Å². The molecule has 0 bridgehead atoms. The molecule has 0 aromatic carbocycles. The van der Waals surface area contributed by atoms with Crippen molar-refractivity contribution in [1.29, 1.82) is 0 Å². The highest BCUT2D eigenvalue weighted by atomic mass is 32.1. The molecule has 0 aliphatic carbocycles. The first-order valence-corrected chi connectivity index (χ1v) is 5.67. The number of carbonyl (C=O) groups is 1. The average molecular weight is 228 g/mol. The number of hydrogen-bond acceptors (Lipinski definition) is 4. The molecule has 5 heteroatoms. The van der Waals surface area contributed by atoms with Crippen LogP contribution in [0.2, 0.25) is 0 Å². The number of ether oxygens (including phenoxy) is 1. The summed E-state index contributed by atoms with van der Waals surface area (Å²) in [6.45, 7) is 5.57. The Labute approximate surface area is 93.7 Å². The molecule has 2 unspecified atom stereocenters. The minimum Gasteiger partial charge on any atom is -0.372 e. The molecule has 1 aromatic rings. The maximum absolute atomic E-state index is 11.5. The normalized spacial score (nSPS) is 14.7. The number of methoxy groups -OCH3 is 1. The molecule has 0 aliphatic heterocycles. The van der Waals surface area contributed by atoms with Crippen molar-refractivity contribution in [3.8, 4) is 0 Å². The maximum Gasteiger partial charge on any atom is 0.249 e. The van der Waals surface area contributed by atoms with E-state index in [0.717, 1.165) is 10.7 Å². The molecule has 0 radical (unpaired) electrons. The summed E-state index contributed by atoms with van der Waals surface area (Å²) in [7, 11) is 1.52. The van der Waals surface area contributed by atoms with Crippen LogP contribution in [0.5, 0.6) is 0 Å². The van der Waals surface area contributed by atoms with Gasteiger partial charge in [-0.2, -0.15) is 0 Å². The second-order valence-electron chi connectivity index (χ2n) is 3.44. The number of nitrogens with one attached hydrogen (secondary N) is 1. The van der Waals surface area contributed by atoms with Crippen LogP contribution in [0.3, 0.4) is 0 Å². The summed E-state index contributed by atoms with van der Waals surface area (Å²) < 4.78 is 4.92. The molecule has 0 fully saturated rings. The molecule has 4 nitrogen and oxygen atoms in total. The Bertz CT molecular complexity index is 338. The van der Waals surface area contributed by atoms with Gasteiger partial charge in [0.2, 0.25) is 5.91 Å². The third kappa shape index (κ3) is 3.28. The van der Waals surface area contributed by atoms with Crippen LogP contribution in [0.1, 0.15) is 30.6 Å². The van der Waals surface area contributed by atoms with E-state index in [0.29, 0.717) is 0 Å². The summed E-state index contributed by atoms with van der Waals surface area (Å²) in [6.07, 6.45) is -0.423. The van der Waals surface area contributed by atoms with E-state index < -0.39 is 6.10 Å². The topological polar surface area (TPSA) is 51.2 Å². The quantitative estimate of drug-likeness (QED) is 0.852. The highest BCUT2D eigenvalue weighted by molar-refractivity contribution is 7.09. The van der Waals surface area contributed by atoms with Crippen molar-refractivity contribution in [3.05, 3.63) is 16.1 Å². The zero-order valence-electron chi connectivity index (χ0n) is 9.40. The highest BCUT2D eigenvalue weighted by Crippen LogP contribution is 2.17. The molecule has 1 aromatic heterocycles. The van der Waals surface area contributed by atoms with Gasteiger partial charge in [0.15, 0.2) is 0 Å². The Balaban J connectivity index is 2.56. The number of hydrogen-bond donors (Lipinski definition) is 1. The Kier molecular flexibility index (Phi) is 4.23. The van der Waals surface area contributed by atoms with Gasteiger partial charge in [0.1, 0.15) is 11.1 Å². The van der Waals surface area contributed by atoms with Crippen molar-refractivity contribution >= 4 is 17.2 Å². The fraction of sp³-hybridized carbons (Fsp3) is 0.600. The Morgan fingerprint density at radius 2 is 2.27 bits per heavy atom. The van der Waals surface area contributed by atoms with Crippen molar-refractivity contribution in [3.63, 3.8) is 0 Å². The Morgan fingerprint density at radius 1 is 1.60 bits per heavy atom. The van der Waals surface area contributed by atoms with Crippen LogP contribution < -0.4 is 5.32 Å². The second kappa shape index (κ2) is 5.23. The standard InChI is InChI=1S/C10H16N2O2S/c1-6-5-15-10(11-6)7(2)12-9(13)8(3)14-4/h5,7-8H,1-4H3,(H,12,13). The van der Waals surface area contributed by atoms with Crippen molar-refractivity contribution < 1.29 is 9.53 Å². The molecular weight excluding hydrogens is 212 g/mol. The van der Waals surface area contributed by atoms with Gasteiger partial charge in [-0.15, -0.1) is 11.3 Å². The molecule has 0 spiro atoms. The van der Waals surface area contributed by atoms with Gasteiger partial charge >= 0.3 is 0 Å². The van der Waals surface area contributed by atoms with Gasteiger partial charge in [-0.3, -0.25) is 4.79 Å². The van der Waals surface area contributed by atoms with Gasteiger partial charge in [0.25, 0.3) is 0 Å². The third-order valence-electron chi connectivity index (χ3n) is 2.09. The van der Waals surface area contributed by atoms with E-state index >= 15 is 0 Å². The van der Waals surface area contributed by atoms with E-state index in [1.807, 2.05) is 19.2 Å². The van der Waals surface area contributed by atoms with Gasteiger partial charge in [-0.1, -0.05) is 0 Å². The van der Waals surface area contributed by atoms with Crippen LogP contribution in [-0.4, -0.2) is 24.1 Å². The van der Waals surface area contributed by atoms with Crippen molar-refractivity contribution in [1.82, 2.24) is 10.3 Å². The lowest BCUT2D eigenvalue weighted by Crippen LogP contribution is -2.35. The molecule has 0 saturated heterocycles. The number of aryl methyl sites for hydroxylation is 1. The third-order valence-corrected chi connectivity index (χ3v) is 3.23. The Morgan fingerprint density at radius 3 is 2.73 bits per heavy atom. The monoisotopic (exact) mass is 228 g/mol. The number of amides is 1. The number of nitrogens with zero attached hydrogens (tertiary/aromatic N) is 1. The predicted octanol–water partition coefficient (Wildman–Crippen LogP) is 1.66. The van der Waals surface area contributed by atoms with Crippen LogP contribution in [0.25, 0.3) is 0 Å². The summed E-state index contributed by atoms with van der Waals surface area (Å²) in [6, 6.07) is -0.0613. The molecule has 15 heavy (non-hydrogen) atoms. The number of rotatable bonds is 4. The summed E-state index contributed by atoms with van der Waals surface area (Å²) in [5, 5.41) is 5.73. The average Bonchev–Trinajstić information content (AvgIpc) is 2.63. The molecule has 0 saturated carbocycles. The molecular formula is C10H16N2O2S. The summed E-state index contributed by atoms with van der Waals surface area (Å²) in [4.78, 5) is 15.8. The largest absolute Gasteiger partial charge is 0.372 e. The molecule has 1 N–H and O–H groups in total. The fourth-order valence-corrected chi connectivity index (χ4v) is 1.87. The first-order valence-electron chi connectivity index (χ1n) is 4.79. The van der Waals surface area contributed by atoms with Crippen molar-refractivity contribution in [2.45, 2.75) is 32.9 Å². The van der Waals surface area contributed by atoms with Crippen molar-refractivity contribution in [2.24, 2.45) is 0 Å². The van der Waals surface area contributed by atoms with Crippen LogP contribution >= 0.6 is 11.3 Å². The number of thiazole rings is 1. The SMILES string of the molecule is COC(C)C(=O)NC(C)c1nc(C)cs1. The van der Waals surface area contributed by atoms with Gasteiger partial charge in [0, 0.05) is 18.2 Å². The molecule has 1 heterocycles. The van der Waals surface area contributed by atoms with E-state index in [9.17, 15) is 4.79 Å². The minimum absolute atomic E-state index is 0.0613. The van der Waals surface area contributed by atoms with Gasteiger partial charge in [-0.25, -0.2) is 4.98 Å². The first kappa shape index (κ1) is 12.1. The first-order chi connectivity index (χ1) is 7.04. The second-order valence-corrected chi connectivity index (χ2v) is 4.33. The van der Waals surface area contributed by atoms with Crippen LogP contribution in [-0.2, 0) is 9.53 Å². The summed E-state index contributed by atoms with van der Waals surface area (Å²) in [5.74, 6) is -0.113. The van der Waals surface area contributed by atoms with E-state index in [1.165, 1.54) is 7.11 Å². The van der Waals surface area contributed by atoms with Crippen LogP contribution in [0.4, 0.5) is 0 Å². The summed E-state index contributed by atoms with van der Waals surface area (Å²) in [5.41, 5.74) is 0.982. The minimum atomic E-state index is -0.423. The van der Waals surface area contributed by atoms with Crippen LogP contribution in [0, 0.1) is 6.92 Å². The highest BCUT2D eigenvalue weighted by Gasteiger charge is 2.16. The summed E-state index contributed by atoms with van der Waals surface area (Å²) >= 11 is 1.55. The smallest absolute Gasteiger partial charge is 0.249 e. The van der Waals surface area contributed by atoms with Gasteiger partial charge < -0.3 is 10.1 Å². The maximum atomic E-state index is 11.5. The fourth-order valence-electron chi connectivity index (χ4n) is 1.07. The van der Waals surface area contributed by atoms with Crippen LogP contribution in [0.15, 0.2) is 5.38 Å². The Hall–Kier alpha value is -0.940. The lowest BCUT2D eigenvalue weighted by Gasteiger charge is -2.14. The lowest BCUT2D eigenvalue weighted by atomic mass is 10.3. The number of aromatic nitrogens is 1. The van der Waals surface area contributed by atoms with Gasteiger partial charge in [0.05, 0.1) is 6.04 Å². The van der Waals surface area contributed by atoms with E-state index in [4.69, 9.17) is 4.74 Å². The lowest BCUT2D eigenvalue weighted by molar-refractivity contribution is -0.130. The molecule has 2 atom stereocenters. The zero-order valence-corrected chi connectivity index (χ0v) is 10.2. The molecule has 0 aliphatic rings. The number of carbonyl (C=O) groups excluding carboxylic acids is 1. The molecule has 84 valence electrons. The van der Waals surface area contributed by atoms with E-state index in [2.05, 4.69) is 10.3 Å². The zero-order chi connectivity index (χ0) is 11.4. The van der Waals surface area contributed by atoms with E-state index in [-0.39, 0.29) is 11.9 Å². The predicted molar refractivity (Wildman–Crippen MR) is 59.9 cm³/mol.